The summed E-state index contributed by atoms with van der Waals surface area (Å²) in [4.78, 5) is 72.2. The Kier molecular flexibility index (Phi) is 57.1. The van der Waals surface area contributed by atoms with Crippen molar-refractivity contribution in [1.82, 2.24) is 0 Å². The Bertz CT molecular complexity index is 1670. The number of aliphatic hydroxyl groups excluding tert-OH is 1. The molecule has 0 aromatic rings. The summed E-state index contributed by atoms with van der Waals surface area (Å²) in [7, 11) is -9.89. The molecule has 0 saturated carbocycles. The predicted octanol–water partition coefficient (Wildman–Crippen LogP) is 18.4. The number of hydrogen-bond donors (Lipinski definition) is 3. The molecule has 0 aromatic carbocycles. The zero-order chi connectivity index (χ0) is 62.9. The fourth-order valence-corrected chi connectivity index (χ4v) is 11.4. The molecule has 85 heavy (non-hydrogen) atoms. The minimum absolute atomic E-state index is 0.102. The first-order chi connectivity index (χ1) is 40.9. The lowest BCUT2D eigenvalue weighted by molar-refractivity contribution is -0.161. The summed E-state index contributed by atoms with van der Waals surface area (Å²) >= 11 is 0. The van der Waals surface area contributed by atoms with Crippen LogP contribution in [0.2, 0.25) is 0 Å². The third-order valence-electron chi connectivity index (χ3n) is 15.9. The van der Waals surface area contributed by atoms with Crippen LogP contribution < -0.4 is 0 Å². The van der Waals surface area contributed by atoms with Crippen LogP contribution in [0.15, 0.2) is 0 Å². The number of hydrogen-bond acceptors (Lipinski definition) is 15. The van der Waals surface area contributed by atoms with E-state index in [0.717, 1.165) is 115 Å². The van der Waals surface area contributed by atoms with Crippen LogP contribution in [0.25, 0.3) is 0 Å². The van der Waals surface area contributed by atoms with E-state index in [9.17, 15) is 43.2 Å². The van der Waals surface area contributed by atoms with Crippen molar-refractivity contribution < 1.29 is 80.2 Å². The third-order valence-corrected chi connectivity index (χ3v) is 17.8. The average Bonchev–Trinajstić information content (AvgIpc) is 3.48. The molecular weight excluding hydrogens is 1130 g/mol. The molecule has 3 N–H and O–H groups in total. The number of carbonyl (C=O) groups excluding carboxylic acids is 4. The Balaban J connectivity index is 5.22. The Labute approximate surface area is 517 Å². The normalized spacial score (nSPS) is 14.9. The van der Waals surface area contributed by atoms with E-state index in [4.69, 9.17) is 37.0 Å². The van der Waals surface area contributed by atoms with E-state index < -0.39 is 97.5 Å². The zero-order valence-electron chi connectivity index (χ0n) is 54.9. The minimum atomic E-state index is -4.95. The number of rotatable bonds is 65. The Hall–Kier alpha value is -1.94. The van der Waals surface area contributed by atoms with Crippen molar-refractivity contribution in [3.05, 3.63) is 0 Å². The summed E-state index contributed by atoms with van der Waals surface area (Å²) < 4.78 is 68.0. The Morgan fingerprint density at radius 1 is 0.329 bits per heavy atom. The van der Waals surface area contributed by atoms with E-state index in [2.05, 4.69) is 41.5 Å². The van der Waals surface area contributed by atoms with Gasteiger partial charge < -0.3 is 33.8 Å². The standard InChI is InChI=1S/C66H128O17P2/c1-7-11-13-15-17-18-19-20-21-22-23-24-25-31-38-44-50-65(70)82-61(55-77-64(69)49-43-37-30-27-26-29-34-40-46-58(5)9-3)56-80-84(72,73)78-52-60(67)53-79-85(74,75)81-57-62(54-76-63(68)48-42-36-28-16-14-12-8-2)83-66(71)51-45-39-33-32-35-41-47-59(6)10-4/h58-62,67H,7-57H2,1-6H3,(H,72,73)(H,74,75)/t58?,59?,60-,61-,62-/m1/s1. The first-order valence-electron chi connectivity index (χ1n) is 34.6. The maximum absolute atomic E-state index is 13.0. The van der Waals surface area contributed by atoms with Crippen LogP contribution in [0, 0.1) is 11.8 Å². The summed E-state index contributed by atoms with van der Waals surface area (Å²) in [6.45, 7) is 9.43. The molecule has 0 heterocycles. The van der Waals surface area contributed by atoms with Crippen molar-refractivity contribution in [2.24, 2.45) is 11.8 Å². The first-order valence-corrected chi connectivity index (χ1v) is 37.6. The van der Waals surface area contributed by atoms with E-state index in [-0.39, 0.29) is 25.7 Å². The quantitative estimate of drug-likeness (QED) is 0.0222. The molecule has 17 nitrogen and oxygen atoms in total. The summed E-state index contributed by atoms with van der Waals surface area (Å²) in [6.07, 6.45) is 41.8. The highest BCUT2D eigenvalue weighted by Crippen LogP contribution is 2.45. The van der Waals surface area contributed by atoms with Crippen molar-refractivity contribution >= 4 is 39.5 Å². The van der Waals surface area contributed by atoms with Crippen molar-refractivity contribution in [2.45, 2.75) is 349 Å². The van der Waals surface area contributed by atoms with Crippen LogP contribution >= 0.6 is 15.6 Å². The highest BCUT2D eigenvalue weighted by Gasteiger charge is 2.30. The number of unbranched alkanes of at least 4 members (excludes halogenated alkanes) is 33. The van der Waals surface area contributed by atoms with Gasteiger partial charge in [0.05, 0.1) is 26.4 Å². The zero-order valence-corrected chi connectivity index (χ0v) is 56.7. The molecule has 0 saturated heterocycles. The topological polar surface area (TPSA) is 237 Å². The van der Waals surface area contributed by atoms with Crippen LogP contribution in [0.5, 0.6) is 0 Å². The van der Waals surface area contributed by atoms with E-state index in [0.29, 0.717) is 25.7 Å². The molecule has 7 atom stereocenters. The molecule has 0 fully saturated rings. The summed E-state index contributed by atoms with van der Waals surface area (Å²) in [5.41, 5.74) is 0. The van der Waals surface area contributed by atoms with Gasteiger partial charge in [0.1, 0.15) is 19.3 Å². The van der Waals surface area contributed by atoms with Crippen LogP contribution in [-0.2, 0) is 65.4 Å². The first kappa shape index (κ1) is 83.1. The second-order valence-corrected chi connectivity index (χ2v) is 27.2. The van der Waals surface area contributed by atoms with E-state index in [1.165, 1.54) is 135 Å². The predicted molar refractivity (Wildman–Crippen MR) is 340 cm³/mol. The number of carbonyl (C=O) groups is 4. The van der Waals surface area contributed by atoms with Crippen LogP contribution in [0.1, 0.15) is 330 Å². The van der Waals surface area contributed by atoms with Gasteiger partial charge in [0.2, 0.25) is 0 Å². The number of esters is 4. The molecule has 4 unspecified atom stereocenters. The number of phosphoric ester groups is 2. The molecule has 19 heteroatoms. The highest BCUT2D eigenvalue weighted by atomic mass is 31.2. The van der Waals surface area contributed by atoms with Crippen molar-refractivity contribution in [3.8, 4) is 0 Å². The van der Waals surface area contributed by atoms with Crippen LogP contribution in [0.3, 0.4) is 0 Å². The monoisotopic (exact) mass is 1250 g/mol. The second kappa shape index (κ2) is 58.4. The molecule has 0 spiro atoms. The van der Waals surface area contributed by atoms with E-state index in [1.54, 1.807) is 0 Å². The molecule has 0 aliphatic heterocycles. The SMILES string of the molecule is CCCCCCCCCCCCCCCCCCC(=O)O[C@H](COC(=O)CCCCCCCCCCC(C)CC)COP(=O)(O)OC[C@@H](O)COP(=O)(O)OC[C@@H](COC(=O)CCCCCCCCC)OC(=O)CCCCCCCCC(C)CC. The maximum Gasteiger partial charge on any atom is 0.472 e. The van der Waals surface area contributed by atoms with Gasteiger partial charge in [-0.2, -0.15) is 0 Å². The average molecular weight is 1260 g/mol. The van der Waals surface area contributed by atoms with Gasteiger partial charge in [-0.25, -0.2) is 9.13 Å². The smallest absolute Gasteiger partial charge is 0.462 e. The van der Waals surface area contributed by atoms with Crippen molar-refractivity contribution in [3.63, 3.8) is 0 Å². The Morgan fingerprint density at radius 2 is 0.565 bits per heavy atom. The molecule has 0 radical (unpaired) electrons. The molecule has 0 bridgehead atoms. The van der Waals surface area contributed by atoms with Gasteiger partial charge in [-0.3, -0.25) is 37.3 Å². The number of ether oxygens (including phenoxy) is 4. The van der Waals surface area contributed by atoms with Gasteiger partial charge in [0.15, 0.2) is 12.2 Å². The van der Waals surface area contributed by atoms with Gasteiger partial charge in [-0.1, -0.05) is 279 Å². The molecular formula is C66H128O17P2. The van der Waals surface area contributed by atoms with E-state index >= 15 is 0 Å². The van der Waals surface area contributed by atoms with Gasteiger partial charge in [0.25, 0.3) is 0 Å². The summed E-state index contributed by atoms with van der Waals surface area (Å²) in [5, 5.41) is 10.5. The molecule has 0 amide bonds. The summed E-state index contributed by atoms with van der Waals surface area (Å²) in [6, 6.07) is 0. The fourth-order valence-electron chi connectivity index (χ4n) is 9.82. The number of phosphoric acid groups is 2. The van der Waals surface area contributed by atoms with Gasteiger partial charge in [-0.15, -0.1) is 0 Å². The lowest BCUT2D eigenvalue weighted by atomic mass is 9.99. The maximum atomic E-state index is 13.0. The van der Waals surface area contributed by atoms with Gasteiger partial charge in [-0.05, 0) is 37.5 Å². The molecule has 0 rings (SSSR count). The Morgan fingerprint density at radius 3 is 0.835 bits per heavy atom. The lowest BCUT2D eigenvalue weighted by Gasteiger charge is -2.21. The minimum Gasteiger partial charge on any atom is -0.462 e. The molecule has 0 aliphatic carbocycles. The van der Waals surface area contributed by atoms with Crippen LogP contribution in [-0.4, -0.2) is 96.7 Å². The van der Waals surface area contributed by atoms with E-state index in [1.807, 2.05) is 0 Å². The lowest BCUT2D eigenvalue weighted by Crippen LogP contribution is -2.30. The molecule has 504 valence electrons. The molecule has 0 aliphatic rings. The second-order valence-electron chi connectivity index (χ2n) is 24.3. The third kappa shape index (κ3) is 58.2. The number of aliphatic hydroxyl groups is 1. The largest absolute Gasteiger partial charge is 0.472 e. The van der Waals surface area contributed by atoms with Crippen molar-refractivity contribution in [2.75, 3.05) is 39.6 Å². The molecule has 0 aromatic heterocycles. The summed E-state index contributed by atoms with van der Waals surface area (Å²) in [5.74, 6) is -0.639. The fraction of sp³-hybridized carbons (Fsp3) is 0.939. The highest BCUT2D eigenvalue weighted by molar-refractivity contribution is 7.47. The van der Waals surface area contributed by atoms with Gasteiger partial charge in [0, 0.05) is 25.7 Å². The van der Waals surface area contributed by atoms with Crippen LogP contribution in [0.4, 0.5) is 0 Å². The van der Waals surface area contributed by atoms with Crippen molar-refractivity contribution in [1.29, 1.82) is 0 Å². The van der Waals surface area contributed by atoms with Gasteiger partial charge >= 0.3 is 39.5 Å².